The topological polar surface area (TPSA) is 15.8 Å². The molecular formula is C12H19N. The van der Waals surface area contributed by atoms with Crippen LogP contribution in [0.15, 0.2) is 12.1 Å². The molecule has 0 fully saturated rings. The van der Waals surface area contributed by atoms with Crippen molar-refractivity contribution in [2.45, 2.75) is 34.6 Å². The largest absolute Gasteiger partial charge is 0.359 e. The SMILES string of the molecule is C/C(=C\C(C)C)c1[nH]c(C)cc1C. The monoisotopic (exact) mass is 177 g/mol. The Morgan fingerprint density at radius 1 is 1.38 bits per heavy atom. The molecule has 1 nitrogen and oxygen atoms in total. The molecule has 0 aliphatic heterocycles. The average Bonchev–Trinajstić information content (AvgIpc) is 2.28. The van der Waals surface area contributed by atoms with Crippen molar-refractivity contribution < 1.29 is 0 Å². The maximum absolute atomic E-state index is 3.38. The van der Waals surface area contributed by atoms with Crippen molar-refractivity contribution in [2.24, 2.45) is 5.92 Å². The first kappa shape index (κ1) is 10.1. The Bertz CT molecular complexity index is 316. The van der Waals surface area contributed by atoms with Gasteiger partial charge in [-0.3, -0.25) is 0 Å². The standard InChI is InChI=1S/C12H19N/c1-8(2)6-9(3)12-10(4)7-11(5)13-12/h6-8,13H,1-5H3/b9-6+. The molecule has 0 aromatic carbocycles. The van der Waals surface area contributed by atoms with Crippen LogP contribution in [0.5, 0.6) is 0 Å². The van der Waals surface area contributed by atoms with E-state index in [0.29, 0.717) is 5.92 Å². The predicted molar refractivity (Wildman–Crippen MR) is 58.8 cm³/mol. The summed E-state index contributed by atoms with van der Waals surface area (Å²) in [5.74, 6) is 0.614. The van der Waals surface area contributed by atoms with Crippen LogP contribution < -0.4 is 0 Å². The molecule has 0 atom stereocenters. The summed E-state index contributed by atoms with van der Waals surface area (Å²) < 4.78 is 0. The Kier molecular flexibility index (Phi) is 2.97. The second-order valence-corrected chi connectivity index (χ2v) is 4.10. The predicted octanol–water partition coefficient (Wildman–Crippen LogP) is 3.69. The van der Waals surface area contributed by atoms with Gasteiger partial charge in [0.15, 0.2) is 0 Å². The first-order valence-corrected chi connectivity index (χ1v) is 4.85. The molecule has 1 aromatic rings. The Morgan fingerprint density at radius 2 is 2.00 bits per heavy atom. The minimum Gasteiger partial charge on any atom is -0.359 e. The minimum atomic E-state index is 0.614. The van der Waals surface area contributed by atoms with E-state index in [4.69, 9.17) is 0 Å². The highest BCUT2D eigenvalue weighted by Crippen LogP contribution is 2.19. The summed E-state index contributed by atoms with van der Waals surface area (Å²) in [5.41, 5.74) is 5.21. The van der Waals surface area contributed by atoms with Crippen LogP contribution in [0.4, 0.5) is 0 Å². The second kappa shape index (κ2) is 3.82. The fourth-order valence-corrected chi connectivity index (χ4v) is 1.72. The molecule has 0 radical (unpaired) electrons. The van der Waals surface area contributed by atoms with Crippen molar-refractivity contribution in [2.75, 3.05) is 0 Å². The normalized spacial score (nSPS) is 12.6. The van der Waals surface area contributed by atoms with Crippen molar-refractivity contribution >= 4 is 5.57 Å². The van der Waals surface area contributed by atoms with Gasteiger partial charge in [-0.05, 0) is 43.9 Å². The maximum atomic E-state index is 3.38. The van der Waals surface area contributed by atoms with E-state index in [1.807, 2.05) is 0 Å². The van der Waals surface area contributed by atoms with Crippen LogP contribution in [0.25, 0.3) is 5.57 Å². The van der Waals surface area contributed by atoms with Gasteiger partial charge in [0, 0.05) is 11.4 Å². The summed E-state index contributed by atoms with van der Waals surface area (Å²) in [6.45, 7) is 10.8. The number of nitrogens with one attached hydrogen (secondary N) is 1. The first-order valence-electron chi connectivity index (χ1n) is 4.85. The lowest BCUT2D eigenvalue weighted by Crippen LogP contribution is -1.87. The molecule has 0 saturated carbocycles. The summed E-state index contributed by atoms with van der Waals surface area (Å²) in [6, 6.07) is 2.19. The molecule has 0 aliphatic carbocycles. The number of aryl methyl sites for hydroxylation is 2. The lowest BCUT2D eigenvalue weighted by Gasteiger charge is -2.02. The lowest BCUT2D eigenvalue weighted by atomic mass is 10.1. The molecule has 0 saturated heterocycles. The Balaban J connectivity index is 3.01. The zero-order valence-corrected chi connectivity index (χ0v) is 9.23. The zero-order chi connectivity index (χ0) is 10.0. The number of aromatic amines is 1. The molecule has 0 amide bonds. The smallest absolute Gasteiger partial charge is 0.0438 e. The van der Waals surface area contributed by atoms with Gasteiger partial charge >= 0.3 is 0 Å². The molecule has 1 rings (SSSR count). The van der Waals surface area contributed by atoms with E-state index >= 15 is 0 Å². The highest BCUT2D eigenvalue weighted by atomic mass is 14.7. The summed E-state index contributed by atoms with van der Waals surface area (Å²) in [4.78, 5) is 3.38. The summed E-state index contributed by atoms with van der Waals surface area (Å²) in [6.07, 6.45) is 2.29. The molecule has 1 heteroatoms. The number of aromatic nitrogens is 1. The van der Waals surface area contributed by atoms with Crippen molar-refractivity contribution in [1.29, 1.82) is 0 Å². The van der Waals surface area contributed by atoms with Crippen molar-refractivity contribution in [3.63, 3.8) is 0 Å². The van der Waals surface area contributed by atoms with E-state index in [-0.39, 0.29) is 0 Å². The van der Waals surface area contributed by atoms with Crippen molar-refractivity contribution in [3.8, 4) is 0 Å². The van der Waals surface area contributed by atoms with Gasteiger partial charge in [-0.25, -0.2) is 0 Å². The lowest BCUT2D eigenvalue weighted by molar-refractivity contribution is 0.832. The number of allylic oxidation sites excluding steroid dienone is 2. The highest BCUT2D eigenvalue weighted by molar-refractivity contribution is 5.64. The van der Waals surface area contributed by atoms with Crippen LogP contribution in [-0.2, 0) is 0 Å². The van der Waals surface area contributed by atoms with E-state index in [0.717, 1.165) is 0 Å². The van der Waals surface area contributed by atoms with Gasteiger partial charge in [0.2, 0.25) is 0 Å². The number of H-pyrrole nitrogens is 1. The molecule has 1 heterocycles. The molecule has 0 spiro atoms. The van der Waals surface area contributed by atoms with Gasteiger partial charge in [0.1, 0.15) is 0 Å². The molecule has 13 heavy (non-hydrogen) atoms. The summed E-state index contributed by atoms with van der Waals surface area (Å²) in [5, 5.41) is 0. The van der Waals surface area contributed by atoms with Crippen LogP contribution in [0.1, 0.15) is 37.7 Å². The van der Waals surface area contributed by atoms with E-state index in [1.165, 1.54) is 22.5 Å². The molecule has 0 unspecified atom stereocenters. The van der Waals surface area contributed by atoms with Crippen LogP contribution in [0, 0.1) is 19.8 Å². The third kappa shape index (κ3) is 2.48. The van der Waals surface area contributed by atoms with Crippen LogP contribution in [0.2, 0.25) is 0 Å². The van der Waals surface area contributed by atoms with E-state index < -0.39 is 0 Å². The van der Waals surface area contributed by atoms with Crippen molar-refractivity contribution in [3.05, 3.63) is 29.1 Å². The van der Waals surface area contributed by atoms with Crippen LogP contribution >= 0.6 is 0 Å². The second-order valence-electron chi connectivity index (χ2n) is 4.10. The van der Waals surface area contributed by atoms with Crippen LogP contribution in [0.3, 0.4) is 0 Å². The molecule has 0 aliphatic rings. The van der Waals surface area contributed by atoms with Crippen molar-refractivity contribution in [1.82, 2.24) is 4.98 Å². The molecule has 1 aromatic heterocycles. The zero-order valence-electron chi connectivity index (χ0n) is 9.23. The number of rotatable bonds is 2. The third-order valence-corrected chi connectivity index (χ3v) is 2.13. The van der Waals surface area contributed by atoms with Gasteiger partial charge in [0.25, 0.3) is 0 Å². The summed E-state index contributed by atoms with van der Waals surface area (Å²) in [7, 11) is 0. The quantitative estimate of drug-likeness (QED) is 0.709. The maximum Gasteiger partial charge on any atom is 0.0438 e. The van der Waals surface area contributed by atoms with Crippen LogP contribution in [-0.4, -0.2) is 4.98 Å². The minimum absolute atomic E-state index is 0.614. The molecule has 72 valence electrons. The highest BCUT2D eigenvalue weighted by Gasteiger charge is 2.03. The Labute approximate surface area is 80.9 Å². The molecular weight excluding hydrogens is 158 g/mol. The van der Waals surface area contributed by atoms with Gasteiger partial charge in [-0.15, -0.1) is 0 Å². The first-order chi connectivity index (χ1) is 6.00. The summed E-state index contributed by atoms with van der Waals surface area (Å²) >= 11 is 0. The third-order valence-electron chi connectivity index (χ3n) is 2.13. The number of hydrogen-bond donors (Lipinski definition) is 1. The van der Waals surface area contributed by atoms with E-state index in [2.05, 4.69) is 51.7 Å². The number of hydrogen-bond acceptors (Lipinski definition) is 0. The van der Waals surface area contributed by atoms with Gasteiger partial charge < -0.3 is 4.98 Å². The van der Waals surface area contributed by atoms with Gasteiger partial charge in [-0.2, -0.15) is 0 Å². The molecule has 0 bridgehead atoms. The Morgan fingerprint density at radius 3 is 2.38 bits per heavy atom. The van der Waals surface area contributed by atoms with E-state index in [9.17, 15) is 0 Å². The fraction of sp³-hybridized carbons (Fsp3) is 0.500. The average molecular weight is 177 g/mol. The fourth-order valence-electron chi connectivity index (χ4n) is 1.72. The van der Waals surface area contributed by atoms with Gasteiger partial charge in [-0.1, -0.05) is 19.9 Å². The van der Waals surface area contributed by atoms with Gasteiger partial charge in [0.05, 0.1) is 0 Å². The van der Waals surface area contributed by atoms with E-state index in [1.54, 1.807) is 0 Å². The Hall–Kier alpha value is -0.980. The molecule has 1 N–H and O–H groups in total.